The molecule has 0 fully saturated rings. The van der Waals surface area contributed by atoms with Crippen LogP contribution in [0.4, 0.5) is 11.6 Å². The van der Waals surface area contributed by atoms with Crippen LogP contribution < -0.4 is 10.6 Å². The first-order valence-corrected chi connectivity index (χ1v) is 5.08. The quantitative estimate of drug-likeness (QED) is 0.844. The van der Waals surface area contributed by atoms with E-state index in [0.717, 1.165) is 12.4 Å². The van der Waals surface area contributed by atoms with Crippen LogP contribution in [-0.2, 0) is 6.54 Å². The monoisotopic (exact) mass is 214 g/mol. The van der Waals surface area contributed by atoms with Crippen LogP contribution in [-0.4, -0.2) is 17.0 Å². The Bertz CT molecular complexity index is 438. The first-order valence-electron chi connectivity index (χ1n) is 5.08. The van der Waals surface area contributed by atoms with Gasteiger partial charge in [-0.1, -0.05) is 30.3 Å². The molecule has 2 N–H and O–H groups in total. The van der Waals surface area contributed by atoms with Crippen molar-refractivity contribution >= 4 is 11.6 Å². The summed E-state index contributed by atoms with van der Waals surface area (Å²) >= 11 is 0. The van der Waals surface area contributed by atoms with Gasteiger partial charge in [-0.2, -0.15) is 0 Å². The highest BCUT2D eigenvalue weighted by atomic mass is 15.2. The third kappa shape index (κ3) is 2.48. The van der Waals surface area contributed by atoms with Crippen molar-refractivity contribution in [2.45, 2.75) is 6.54 Å². The lowest BCUT2D eigenvalue weighted by molar-refractivity contribution is 0.891. The van der Waals surface area contributed by atoms with Crippen LogP contribution in [0, 0.1) is 0 Å². The first-order chi connectivity index (χ1) is 7.75. The Morgan fingerprint density at radius 2 is 1.88 bits per heavy atom. The molecule has 16 heavy (non-hydrogen) atoms. The number of nitrogens with zero attached hydrogens (tertiary/aromatic N) is 3. The van der Waals surface area contributed by atoms with Crippen molar-refractivity contribution in [2.24, 2.45) is 0 Å². The maximum atomic E-state index is 5.49. The predicted octanol–water partition coefficient (Wildman–Crippen LogP) is 1.70. The molecule has 0 aliphatic rings. The molecule has 82 valence electrons. The Hall–Kier alpha value is -2.10. The highest BCUT2D eigenvalue weighted by Crippen LogP contribution is 2.11. The minimum absolute atomic E-state index is 0.442. The molecule has 1 aromatic heterocycles. The molecule has 1 aromatic carbocycles. The largest absolute Gasteiger partial charge is 0.382 e. The van der Waals surface area contributed by atoms with Gasteiger partial charge in [0.05, 0.1) is 12.4 Å². The SMILES string of the molecule is CN(Cc1ccccc1)c1cnc(N)cn1. The fourth-order valence-electron chi connectivity index (χ4n) is 1.47. The summed E-state index contributed by atoms with van der Waals surface area (Å²) in [5.74, 6) is 1.26. The number of rotatable bonds is 3. The third-order valence-corrected chi connectivity index (χ3v) is 2.31. The van der Waals surface area contributed by atoms with E-state index in [1.165, 1.54) is 5.56 Å². The number of benzene rings is 1. The fourth-order valence-corrected chi connectivity index (χ4v) is 1.47. The Balaban J connectivity index is 2.09. The van der Waals surface area contributed by atoms with Crippen molar-refractivity contribution in [3.63, 3.8) is 0 Å². The maximum absolute atomic E-state index is 5.49. The van der Waals surface area contributed by atoms with E-state index in [4.69, 9.17) is 5.73 Å². The normalized spacial score (nSPS) is 10.1. The molecule has 0 saturated heterocycles. The van der Waals surface area contributed by atoms with Gasteiger partial charge in [-0.25, -0.2) is 9.97 Å². The average molecular weight is 214 g/mol. The van der Waals surface area contributed by atoms with Crippen molar-refractivity contribution in [2.75, 3.05) is 17.7 Å². The highest BCUT2D eigenvalue weighted by molar-refractivity contribution is 5.39. The Labute approximate surface area is 94.8 Å². The average Bonchev–Trinajstić information content (AvgIpc) is 2.31. The number of nitrogens with two attached hydrogens (primary N) is 1. The molecule has 2 aromatic rings. The molecular formula is C12H14N4. The zero-order valence-corrected chi connectivity index (χ0v) is 9.17. The van der Waals surface area contributed by atoms with Crippen molar-refractivity contribution < 1.29 is 0 Å². The van der Waals surface area contributed by atoms with E-state index in [2.05, 4.69) is 22.1 Å². The van der Waals surface area contributed by atoms with Gasteiger partial charge >= 0.3 is 0 Å². The van der Waals surface area contributed by atoms with E-state index >= 15 is 0 Å². The van der Waals surface area contributed by atoms with E-state index in [0.29, 0.717) is 5.82 Å². The van der Waals surface area contributed by atoms with Crippen LogP contribution in [0.1, 0.15) is 5.56 Å². The first kappa shape index (κ1) is 10.4. The lowest BCUT2D eigenvalue weighted by Crippen LogP contribution is -2.17. The second-order valence-corrected chi connectivity index (χ2v) is 3.64. The van der Waals surface area contributed by atoms with Crippen molar-refractivity contribution in [1.29, 1.82) is 0 Å². The summed E-state index contributed by atoms with van der Waals surface area (Å²) in [6.45, 7) is 0.805. The molecule has 0 bridgehead atoms. The molecule has 0 amide bonds. The predicted molar refractivity (Wildman–Crippen MR) is 65.0 cm³/mol. The summed E-state index contributed by atoms with van der Waals surface area (Å²) in [6.07, 6.45) is 3.25. The third-order valence-electron chi connectivity index (χ3n) is 2.31. The van der Waals surface area contributed by atoms with Crippen molar-refractivity contribution in [1.82, 2.24) is 9.97 Å². The van der Waals surface area contributed by atoms with Gasteiger partial charge in [-0.3, -0.25) is 0 Å². The minimum atomic E-state index is 0.442. The Morgan fingerprint density at radius 3 is 2.50 bits per heavy atom. The lowest BCUT2D eigenvalue weighted by Gasteiger charge is -2.17. The molecule has 0 aliphatic carbocycles. The topological polar surface area (TPSA) is 55.0 Å². The standard InChI is InChI=1S/C12H14N4/c1-16(9-10-5-3-2-4-6-10)12-8-14-11(13)7-15-12/h2-8H,9H2,1H3,(H2,13,14). The van der Waals surface area contributed by atoms with Gasteiger partial charge in [0.25, 0.3) is 0 Å². The maximum Gasteiger partial charge on any atom is 0.147 e. The molecule has 0 unspecified atom stereocenters. The molecule has 2 rings (SSSR count). The molecular weight excluding hydrogens is 200 g/mol. The van der Waals surface area contributed by atoms with Gasteiger partial charge in [0.2, 0.25) is 0 Å². The molecule has 4 heteroatoms. The number of hydrogen-bond donors (Lipinski definition) is 1. The highest BCUT2D eigenvalue weighted by Gasteiger charge is 2.03. The Kier molecular flexibility index (Phi) is 3.00. The van der Waals surface area contributed by atoms with E-state index in [-0.39, 0.29) is 0 Å². The van der Waals surface area contributed by atoms with E-state index < -0.39 is 0 Å². The van der Waals surface area contributed by atoms with Crippen LogP contribution >= 0.6 is 0 Å². The van der Waals surface area contributed by atoms with Crippen LogP contribution in [0.3, 0.4) is 0 Å². The smallest absolute Gasteiger partial charge is 0.147 e. The number of hydrogen-bond acceptors (Lipinski definition) is 4. The molecule has 0 saturated carbocycles. The van der Waals surface area contributed by atoms with Crippen molar-refractivity contribution in [3.8, 4) is 0 Å². The van der Waals surface area contributed by atoms with Gasteiger partial charge in [0, 0.05) is 13.6 Å². The summed E-state index contributed by atoms with van der Waals surface area (Å²) in [4.78, 5) is 10.3. The van der Waals surface area contributed by atoms with Gasteiger partial charge in [-0.15, -0.1) is 0 Å². The lowest BCUT2D eigenvalue weighted by atomic mass is 10.2. The van der Waals surface area contributed by atoms with Crippen LogP contribution in [0.5, 0.6) is 0 Å². The number of nitrogen functional groups attached to an aromatic ring is 1. The number of anilines is 2. The summed E-state index contributed by atoms with van der Waals surface area (Å²) < 4.78 is 0. The van der Waals surface area contributed by atoms with Crippen molar-refractivity contribution in [3.05, 3.63) is 48.3 Å². The second kappa shape index (κ2) is 4.61. The van der Waals surface area contributed by atoms with Crippen LogP contribution in [0.15, 0.2) is 42.7 Å². The van der Waals surface area contributed by atoms with Gasteiger partial charge < -0.3 is 10.6 Å². The summed E-state index contributed by atoms with van der Waals surface area (Å²) in [7, 11) is 1.98. The molecule has 0 atom stereocenters. The van der Waals surface area contributed by atoms with Gasteiger partial charge in [0.15, 0.2) is 0 Å². The van der Waals surface area contributed by atoms with Gasteiger partial charge in [0.1, 0.15) is 11.6 Å². The fraction of sp³-hybridized carbons (Fsp3) is 0.167. The molecule has 1 heterocycles. The Morgan fingerprint density at radius 1 is 1.12 bits per heavy atom. The van der Waals surface area contributed by atoms with E-state index in [1.54, 1.807) is 12.4 Å². The van der Waals surface area contributed by atoms with Gasteiger partial charge in [-0.05, 0) is 5.56 Å². The number of aromatic nitrogens is 2. The van der Waals surface area contributed by atoms with Crippen LogP contribution in [0.25, 0.3) is 0 Å². The van der Waals surface area contributed by atoms with E-state index in [1.807, 2.05) is 30.1 Å². The summed E-state index contributed by atoms with van der Waals surface area (Å²) in [5.41, 5.74) is 6.73. The molecule has 4 nitrogen and oxygen atoms in total. The zero-order valence-electron chi connectivity index (χ0n) is 9.17. The summed E-state index contributed by atoms with van der Waals surface area (Å²) in [6, 6.07) is 10.2. The summed E-state index contributed by atoms with van der Waals surface area (Å²) in [5, 5.41) is 0. The second-order valence-electron chi connectivity index (χ2n) is 3.64. The molecule has 0 spiro atoms. The van der Waals surface area contributed by atoms with E-state index in [9.17, 15) is 0 Å². The molecule has 0 radical (unpaired) electrons. The molecule has 0 aliphatic heterocycles. The van der Waals surface area contributed by atoms with Crippen LogP contribution in [0.2, 0.25) is 0 Å². The zero-order chi connectivity index (χ0) is 11.4. The minimum Gasteiger partial charge on any atom is -0.382 e.